The molecule has 3 nitrogen and oxygen atoms in total. The van der Waals surface area contributed by atoms with Gasteiger partial charge in [-0.3, -0.25) is 5.32 Å². The van der Waals surface area contributed by atoms with E-state index in [0.29, 0.717) is 11.6 Å². The van der Waals surface area contributed by atoms with Crippen molar-refractivity contribution in [3.05, 3.63) is 23.8 Å². The highest BCUT2D eigenvalue weighted by molar-refractivity contribution is 8.00. The monoisotopic (exact) mass is 306 g/mol. The second-order valence-electron chi connectivity index (χ2n) is 4.93. The zero-order chi connectivity index (χ0) is 14.8. The van der Waals surface area contributed by atoms with Gasteiger partial charge in [-0.05, 0) is 42.3 Å². The average molecular weight is 306 g/mol. The Hall–Kier alpha value is -0.920. The maximum absolute atomic E-state index is 12.4. The minimum atomic E-state index is -4.37. The number of nitrogen functional groups attached to an aromatic ring is 1. The summed E-state index contributed by atoms with van der Waals surface area (Å²) in [5.41, 5.74) is 1.90. The summed E-state index contributed by atoms with van der Waals surface area (Å²) >= 11 is -0.229. The van der Waals surface area contributed by atoms with Crippen LogP contribution < -0.4 is 11.1 Å². The summed E-state index contributed by atoms with van der Waals surface area (Å²) in [5, 5.41) is 12.9. The number of anilines is 1. The molecule has 0 saturated heterocycles. The molecular formula is C13H17F3N2OS. The number of nitrogens with one attached hydrogen (secondary N) is 1. The van der Waals surface area contributed by atoms with E-state index in [4.69, 9.17) is 5.73 Å². The number of hydrogen-bond acceptors (Lipinski definition) is 4. The first-order chi connectivity index (χ1) is 9.33. The van der Waals surface area contributed by atoms with Crippen molar-refractivity contribution in [2.75, 3.05) is 5.73 Å². The zero-order valence-corrected chi connectivity index (χ0v) is 11.6. The van der Waals surface area contributed by atoms with Gasteiger partial charge in [-0.2, -0.15) is 13.2 Å². The highest BCUT2D eigenvalue weighted by Crippen LogP contribution is 2.40. The number of aliphatic hydroxyl groups is 1. The summed E-state index contributed by atoms with van der Waals surface area (Å²) in [6.45, 7) is 0. The Bertz CT molecular complexity index is 463. The van der Waals surface area contributed by atoms with Gasteiger partial charge in [-0.15, -0.1) is 0 Å². The number of hydrogen-bond donors (Lipinski definition) is 3. The van der Waals surface area contributed by atoms with Crippen LogP contribution in [-0.2, 0) is 6.42 Å². The molecule has 0 heterocycles. The van der Waals surface area contributed by atoms with Gasteiger partial charge < -0.3 is 10.8 Å². The van der Waals surface area contributed by atoms with E-state index in [1.54, 1.807) is 6.07 Å². The SMILES string of the molecule is Nc1ccc(CC(O)NC2CCC2)cc1SC(F)(F)F. The van der Waals surface area contributed by atoms with Gasteiger partial charge in [0, 0.05) is 23.0 Å². The van der Waals surface area contributed by atoms with Crippen molar-refractivity contribution in [1.82, 2.24) is 5.32 Å². The molecule has 7 heteroatoms. The zero-order valence-electron chi connectivity index (χ0n) is 10.8. The summed E-state index contributed by atoms with van der Waals surface area (Å²) in [6.07, 6.45) is 2.75. The second kappa shape index (κ2) is 6.24. The Morgan fingerprint density at radius 1 is 1.40 bits per heavy atom. The molecule has 0 aliphatic heterocycles. The molecule has 1 fully saturated rings. The van der Waals surface area contributed by atoms with Crippen LogP contribution in [-0.4, -0.2) is 22.9 Å². The number of rotatable bonds is 5. The van der Waals surface area contributed by atoms with Crippen LogP contribution in [0.4, 0.5) is 18.9 Å². The van der Waals surface area contributed by atoms with Crippen molar-refractivity contribution in [1.29, 1.82) is 0 Å². The molecule has 4 N–H and O–H groups in total. The van der Waals surface area contributed by atoms with Crippen molar-refractivity contribution in [2.45, 2.75) is 48.4 Å². The predicted octanol–water partition coefficient (Wildman–Crippen LogP) is 2.88. The van der Waals surface area contributed by atoms with Gasteiger partial charge >= 0.3 is 5.51 Å². The lowest BCUT2D eigenvalue weighted by molar-refractivity contribution is -0.0327. The van der Waals surface area contributed by atoms with Crippen molar-refractivity contribution >= 4 is 17.4 Å². The summed E-state index contributed by atoms with van der Waals surface area (Å²) in [4.78, 5) is -0.0224. The Labute approximate surface area is 119 Å². The quantitative estimate of drug-likeness (QED) is 0.445. The summed E-state index contributed by atoms with van der Waals surface area (Å²) in [5.74, 6) is 0. The van der Waals surface area contributed by atoms with E-state index >= 15 is 0 Å². The van der Waals surface area contributed by atoms with Gasteiger partial charge in [0.05, 0.1) is 0 Å². The lowest BCUT2D eigenvalue weighted by Crippen LogP contribution is -2.43. The third kappa shape index (κ3) is 4.57. The third-order valence-electron chi connectivity index (χ3n) is 3.27. The van der Waals surface area contributed by atoms with Crippen LogP contribution in [0.1, 0.15) is 24.8 Å². The molecule has 0 aromatic heterocycles. The maximum Gasteiger partial charge on any atom is 0.446 e. The van der Waals surface area contributed by atoms with Crippen LogP contribution >= 0.6 is 11.8 Å². The number of halogens is 3. The molecule has 1 aromatic carbocycles. The van der Waals surface area contributed by atoms with E-state index in [9.17, 15) is 18.3 Å². The Morgan fingerprint density at radius 2 is 2.10 bits per heavy atom. The lowest BCUT2D eigenvalue weighted by atomic mass is 9.93. The molecule has 1 saturated carbocycles. The van der Waals surface area contributed by atoms with E-state index < -0.39 is 11.7 Å². The fourth-order valence-corrected chi connectivity index (χ4v) is 2.69. The maximum atomic E-state index is 12.4. The minimum absolute atomic E-state index is 0.0224. The largest absolute Gasteiger partial charge is 0.446 e. The molecule has 1 aliphatic rings. The smallest absolute Gasteiger partial charge is 0.398 e. The minimum Gasteiger partial charge on any atom is -0.398 e. The fourth-order valence-electron chi connectivity index (χ4n) is 2.05. The molecule has 112 valence electrons. The normalized spacial score (nSPS) is 17.8. The molecule has 1 unspecified atom stereocenters. The molecular weight excluding hydrogens is 289 g/mol. The summed E-state index contributed by atoms with van der Waals surface area (Å²) < 4.78 is 37.2. The summed E-state index contributed by atoms with van der Waals surface area (Å²) in [6, 6.07) is 4.79. The van der Waals surface area contributed by atoms with E-state index in [1.165, 1.54) is 12.1 Å². The number of nitrogens with two attached hydrogens (primary N) is 1. The molecule has 1 aromatic rings. The van der Waals surface area contributed by atoms with E-state index in [0.717, 1.165) is 19.3 Å². The number of aliphatic hydroxyl groups excluding tert-OH is 1. The van der Waals surface area contributed by atoms with Crippen molar-refractivity contribution in [3.8, 4) is 0 Å². The van der Waals surface area contributed by atoms with Crippen molar-refractivity contribution in [2.24, 2.45) is 0 Å². The van der Waals surface area contributed by atoms with Gasteiger partial charge in [-0.25, -0.2) is 0 Å². The topological polar surface area (TPSA) is 58.3 Å². The third-order valence-corrected chi connectivity index (χ3v) is 4.07. The van der Waals surface area contributed by atoms with Crippen LogP contribution in [0.2, 0.25) is 0 Å². The van der Waals surface area contributed by atoms with Gasteiger partial charge in [0.15, 0.2) is 0 Å². The molecule has 20 heavy (non-hydrogen) atoms. The molecule has 0 spiro atoms. The first-order valence-electron chi connectivity index (χ1n) is 6.42. The van der Waals surface area contributed by atoms with Crippen molar-refractivity contribution in [3.63, 3.8) is 0 Å². The predicted molar refractivity (Wildman–Crippen MR) is 73.3 cm³/mol. The van der Waals surface area contributed by atoms with Gasteiger partial charge in [0.1, 0.15) is 6.23 Å². The van der Waals surface area contributed by atoms with E-state index in [2.05, 4.69) is 5.32 Å². The van der Waals surface area contributed by atoms with Crippen LogP contribution in [0.25, 0.3) is 0 Å². The second-order valence-corrected chi connectivity index (χ2v) is 6.04. The van der Waals surface area contributed by atoms with Crippen LogP contribution in [0, 0.1) is 0 Å². The number of thioether (sulfide) groups is 1. The molecule has 0 bridgehead atoms. The van der Waals surface area contributed by atoms with E-state index in [-0.39, 0.29) is 28.8 Å². The molecule has 1 atom stereocenters. The van der Waals surface area contributed by atoms with Crippen LogP contribution in [0.3, 0.4) is 0 Å². The standard InChI is InChI=1S/C13H17F3N2OS/c14-13(15,16)20-11-6-8(4-5-10(11)17)7-12(19)18-9-2-1-3-9/h4-6,9,12,18-19H,1-3,7,17H2. The highest BCUT2D eigenvalue weighted by atomic mass is 32.2. The Balaban J connectivity index is 1.98. The Morgan fingerprint density at radius 3 is 2.65 bits per heavy atom. The lowest BCUT2D eigenvalue weighted by Gasteiger charge is -2.29. The molecule has 1 aliphatic carbocycles. The first kappa shape index (κ1) is 15.5. The summed E-state index contributed by atoms with van der Waals surface area (Å²) in [7, 11) is 0. The number of benzene rings is 1. The fraction of sp³-hybridized carbons (Fsp3) is 0.538. The molecule has 0 amide bonds. The Kier molecular flexibility index (Phi) is 4.82. The van der Waals surface area contributed by atoms with Gasteiger partial charge in [0.25, 0.3) is 0 Å². The van der Waals surface area contributed by atoms with Gasteiger partial charge in [0.2, 0.25) is 0 Å². The van der Waals surface area contributed by atoms with E-state index in [1.807, 2.05) is 0 Å². The van der Waals surface area contributed by atoms with Gasteiger partial charge in [-0.1, -0.05) is 12.5 Å². The van der Waals surface area contributed by atoms with Crippen molar-refractivity contribution < 1.29 is 18.3 Å². The molecule has 0 radical (unpaired) electrons. The average Bonchev–Trinajstić information content (AvgIpc) is 2.26. The highest BCUT2D eigenvalue weighted by Gasteiger charge is 2.30. The van der Waals surface area contributed by atoms with Crippen LogP contribution in [0.5, 0.6) is 0 Å². The number of alkyl halides is 3. The molecule has 2 rings (SSSR count). The first-order valence-corrected chi connectivity index (χ1v) is 7.23. The van der Waals surface area contributed by atoms with Crippen LogP contribution in [0.15, 0.2) is 23.1 Å².